The molecular formula is C16H23NO14. The smallest absolute Gasteiger partial charge is 0.343 e. The average Bonchev–Trinajstić information content (AvgIpc) is 2.55. The van der Waals surface area contributed by atoms with Gasteiger partial charge in [0.1, 0.15) is 0 Å². The number of amides is 1. The van der Waals surface area contributed by atoms with Crippen LogP contribution in [0.4, 0.5) is 0 Å². The Bertz CT molecular complexity index is 751. The SMILES string of the molecule is CC(=O)NC(C(=O)OC(C)=O)C(O)(OC(C)=O)C(O)(OC(C)=O)C(O)C(O)OC(C)=O. The molecule has 0 saturated heterocycles. The third kappa shape index (κ3) is 7.25. The Morgan fingerprint density at radius 2 is 1.19 bits per heavy atom. The van der Waals surface area contributed by atoms with E-state index in [1.165, 1.54) is 0 Å². The second-order valence-electron chi connectivity index (χ2n) is 6.07. The van der Waals surface area contributed by atoms with Gasteiger partial charge in [-0.1, -0.05) is 0 Å². The molecule has 0 aromatic heterocycles. The zero-order valence-electron chi connectivity index (χ0n) is 17.1. The first-order valence-corrected chi connectivity index (χ1v) is 8.34. The summed E-state index contributed by atoms with van der Waals surface area (Å²) in [6.45, 7) is 3.56. The molecule has 176 valence electrons. The molecule has 15 heteroatoms. The van der Waals surface area contributed by atoms with E-state index in [0.717, 1.165) is 20.8 Å². The summed E-state index contributed by atoms with van der Waals surface area (Å²) in [5.74, 6) is -16.4. The lowest BCUT2D eigenvalue weighted by atomic mass is 9.91. The highest BCUT2D eigenvalue weighted by Crippen LogP contribution is 2.35. The van der Waals surface area contributed by atoms with Crippen LogP contribution in [0.15, 0.2) is 0 Å². The molecule has 5 unspecified atom stereocenters. The highest BCUT2D eigenvalue weighted by Gasteiger charge is 2.69. The third-order valence-electron chi connectivity index (χ3n) is 3.29. The first kappa shape index (κ1) is 27.9. The van der Waals surface area contributed by atoms with Gasteiger partial charge in [-0.3, -0.25) is 24.0 Å². The number of hydrogen-bond donors (Lipinski definition) is 5. The molecule has 0 spiro atoms. The summed E-state index contributed by atoms with van der Waals surface area (Å²) in [5.41, 5.74) is 0. The van der Waals surface area contributed by atoms with Crippen LogP contribution in [0.25, 0.3) is 0 Å². The molecule has 5 atom stereocenters. The molecule has 0 aliphatic rings. The second-order valence-corrected chi connectivity index (χ2v) is 6.07. The largest absolute Gasteiger partial charge is 0.433 e. The molecule has 0 aliphatic heterocycles. The normalized spacial score (nSPS) is 17.5. The Labute approximate surface area is 174 Å². The molecule has 0 heterocycles. The van der Waals surface area contributed by atoms with Crippen LogP contribution in [0.1, 0.15) is 34.6 Å². The predicted molar refractivity (Wildman–Crippen MR) is 91.6 cm³/mol. The van der Waals surface area contributed by atoms with Crippen LogP contribution in [0, 0.1) is 0 Å². The van der Waals surface area contributed by atoms with Crippen molar-refractivity contribution in [1.29, 1.82) is 0 Å². The maximum Gasteiger partial charge on any atom is 0.343 e. The molecule has 0 saturated carbocycles. The molecule has 0 radical (unpaired) electrons. The molecule has 0 aliphatic carbocycles. The quantitative estimate of drug-likeness (QED) is 0.0979. The Hall–Kier alpha value is -3.14. The Kier molecular flexibility index (Phi) is 9.67. The van der Waals surface area contributed by atoms with E-state index in [0.29, 0.717) is 13.8 Å². The molecule has 15 nitrogen and oxygen atoms in total. The van der Waals surface area contributed by atoms with Crippen LogP contribution in [0.3, 0.4) is 0 Å². The molecule has 0 rings (SSSR count). The summed E-state index contributed by atoms with van der Waals surface area (Å²) >= 11 is 0. The number of aliphatic hydroxyl groups excluding tert-OH is 2. The Balaban J connectivity index is 6.87. The summed E-state index contributed by atoms with van der Waals surface area (Å²) in [7, 11) is 0. The first-order valence-electron chi connectivity index (χ1n) is 8.34. The van der Waals surface area contributed by atoms with Crippen molar-refractivity contribution < 1.29 is 68.1 Å². The van der Waals surface area contributed by atoms with Crippen molar-refractivity contribution in [3.63, 3.8) is 0 Å². The van der Waals surface area contributed by atoms with Gasteiger partial charge in [-0.15, -0.1) is 0 Å². The third-order valence-corrected chi connectivity index (χ3v) is 3.29. The summed E-state index contributed by atoms with van der Waals surface area (Å²) in [4.78, 5) is 69.2. The minimum atomic E-state index is -3.98. The van der Waals surface area contributed by atoms with Gasteiger partial charge in [0.2, 0.25) is 18.2 Å². The summed E-state index contributed by atoms with van der Waals surface area (Å²) < 4.78 is 17.4. The first-order chi connectivity index (χ1) is 14.0. The van der Waals surface area contributed by atoms with Crippen molar-refractivity contribution in [2.75, 3.05) is 0 Å². The Morgan fingerprint density at radius 3 is 1.55 bits per heavy atom. The van der Waals surface area contributed by atoms with E-state index in [1.54, 1.807) is 5.32 Å². The van der Waals surface area contributed by atoms with Crippen LogP contribution >= 0.6 is 0 Å². The monoisotopic (exact) mass is 453 g/mol. The fraction of sp³-hybridized carbons (Fsp3) is 0.625. The van der Waals surface area contributed by atoms with Gasteiger partial charge in [-0.25, -0.2) is 4.79 Å². The van der Waals surface area contributed by atoms with Crippen LogP contribution in [0.5, 0.6) is 0 Å². The van der Waals surface area contributed by atoms with E-state index < -0.39 is 65.8 Å². The molecular weight excluding hydrogens is 430 g/mol. The minimum absolute atomic E-state index is 0.630. The highest BCUT2D eigenvalue weighted by atomic mass is 16.8. The van der Waals surface area contributed by atoms with Gasteiger partial charge in [-0.05, 0) is 0 Å². The van der Waals surface area contributed by atoms with Crippen molar-refractivity contribution >= 4 is 35.8 Å². The molecule has 0 bridgehead atoms. The van der Waals surface area contributed by atoms with E-state index in [-0.39, 0.29) is 0 Å². The molecule has 31 heavy (non-hydrogen) atoms. The predicted octanol–water partition coefficient (Wildman–Crippen LogP) is -3.67. The lowest BCUT2D eigenvalue weighted by molar-refractivity contribution is -0.405. The zero-order valence-corrected chi connectivity index (χ0v) is 17.1. The van der Waals surface area contributed by atoms with Crippen molar-refractivity contribution in [1.82, 2.24) is 5.32 Å². The van der Waals surface area contributed by atoms with Crippen molar-refractivity contribution in [3.05, 3.63) is 0 Å². The van der Waals surface area contributed by atoms with Gasteiger partial charge in [-0.2, -0.15) is 0 Å². The van der Waals surface area contributed by atoms with Gasteiger partial charge < -0.3 is 44.7 Å². The minimum Gasteiger partial charge on any atom is -0.433 e. The van der Waals surface area contributed by atoms with Gasteiger partial charge in [0.05, 0.1) is 0 Å². The fourth-order valence-electron chi connectivity index (χ4n) is 2.27. The number of nitrogens with one attached hydrogen (secondary N) is 1. The fourth-order valence-corrected chi connectivity index (χ4v) is 2.27. The van der Waals surface area contributed by atoms with Gasteiger partial charge >= 0.3 is 41.4 Å². The number of ether oxygens (including phenoxy) is 4. The van der Waals surface area contributed by atoms with E-state index >= 15 is 0 Å². The summed E-state index contributed by atoms with van der Waals surface area (Å²) in [6, 6.07) is -2.72. The standard InChI is InChI=1S/C16H23NO14/c1-6(18)17-11(13(24)28-7(2)19)15(26,30-9(4)21)16(27,31-10(5)22)12(23)14(25)29-8(3)20/h11-12,14,23,25-27H,1-5H3,(H,17,18). The lowest BCUT2D eigenvalue weighted by Gasteiger charge is -2.45. The zero-order chi connectivity index (χ0) is 24.7. The Morgan fingerprint density at radius 1 is 0.742 bits per heavy atom. The van der Waals surface area contributed by atoms with Gasteiger partial charge in [0, 0.05) is 34.6 Å². The molecule has 0 aromatic rings. The number of carbonyl (C=O) groups is 6. The number of carbonyl (C=O) groups excluding carboxylic acids is 6. The van der Waals surface area contributed by atoms with Crippen molar-refractivity contribution in [2.24, 2.45) is 0 Å². The lowest BCUT2D eigenvalue weighted by Crippen LogP contribution is -2.76. The van der Waals surface area contributed by atoms with E-state index in [1.807, 2.05) is 0 Å². The molecule has 1 amide bonds. The van der Waals surface area contributed by atoms with Crippen LogP contribution < -0.4 is 5.32 Å². The van der Waals surface area contributed by atoms with Crippen LogP contribution in [0.2, 0.25) is 0 Å². The molecule has 5 N–H and O–H groups in total. The topological polar surface area (TPSA) is 232 Å². The molecule has 0 aromatic carbocycles. The van der Waals surface area contributed by atoms with Crippen molar-refractivity contribution in [3.8, 4) is 0 Å². The van der Waals surface area contributed by atoms with Gasteiger partial charge in [0.25, 0.3) is 0 Å². The number of aliphatic hydroxyl groups is 4. The van der Waals surface area contributed by atoms with Gasteiger partial charge in [0.15, 0.2) is 6.10 Å². The summed E-state index contributed by atoms with van der Waals surface area (Å²) in [6.07, 6.45) is -5.74. The number of rotatable bonds is 9. The van der Waals surface area contributed by atoms with Crippen LogP contribution in [-0.2, 0) is 47.7 Å². The highest BCUT2D eigenvalue weighted by molar-refractivity contribution is 5.91. The van der Waals surface area contributed by atoms with E-state index in [9.17, 15) is 49.2 Å². The van der Waals surface area contributed by atoms with E-state index in [2.05, 4.69) is 18.9 Å². The maximum atomic E-state index is 12.3. The maximum absolute atomic E-state index is 12.3. The number of hydrogen-bond acceptors (Lipinski definition) is 14. The second kappa shape index (κ2) is 10.8. The number of esters is 5. The van der Waals surface area contributed by atoms with E-state index in [4.69, 9.17) is 0 Å². The van der Waals surface area contributed by atoms with Crippen LogP contribution in [-0.4, -0.2) is 86.2 Å². The molecule has 0 fully saturated rings. The van der Waals surface area contributed by atoms with Crippen molar-refractivity contribution in [2.45, 2.75) is 64.6 Å². The summed E-state index contributed by atoms with van der Waals surface area (Å²) in [5, 5.41) is 43.7. The average molecular weight is 453 g/mol.